The van der Waals surface area contributed by atoms with Crippen LogP contribution in [0.4, 0.5) is 0 Å². The molecule has 21 heavy (non-hydrogen) atoms. The Morgan fingerprint density at radius 2 is 1.90 bits per heavy atom. The highest BCUT2D eigenvalue weighted by atomic mass is 79.9. The summed E-state index contributed by atoms with van der Waals surface area (Å²) in [6.45, 7) is 1.18. The van der Waals surface area contributed by atoms with E-state index in [4.69, 9.17) is 4.74 Å². The number of nitrogens with zero attached hydrogens (tertiary/aromatic N) is 1. The SMILES string of the molecule is O=S1(=NC2CC=C(c3ccc(Br)cc3)CC2)CCOCC1. The molecule has 1 aromatic rings. The molecule has 5 heteroatoms. The van der Waals surface area contributed by atoms with E-state index in [0.717, 1.165) is 23.7 Å². The molecule has 0 N–H and O–H groups in total. The summed E-state index contributed by atoms with van der Waals surface area (Å²) in [7, 11) is -2.01. The molecule has 0 aromatic heterocycles. The Morgan fingerprint density at radius 3 is 2.52 bits per heavy atom. The fourth-order valence-electron chi connectivity index (χ4n) is 2.80. The number of allylic oxidation sites excluding steroid dienone is 1. The molecule has 1 unspecified atom stereocenters. The molecule has 114 valence electrons. The van der Waals surface area contributed by atoms with Gasteiger partial charge in [0.05, 0.1) is 40.5 Å². The van der Waals surface area contributed by atoms with Crippen LogP contribution in [-0.4, -0.2) is 35.0 Å². The molecule has 2 aliphatic rings. The van der Waals surface area contributed by atoms with Crippen molar-refractivity contribution in [1.82, 2.24) is 0 Å². The molecule has 0 radical (unpaired) electrons. The van der Waals surface area contributed by atoms with E-state index in [1.807, 2.05) is 0 Å². The van der Waals surface area contributed by atoms with Crippen molar-refractivity contribution in [2.75, 3.05) is 24.7 Å². The van der Waals surface area contributed by atoms with Gasteiger partial charge in [-0.3, -0.25) is 0 Å². The predicted octanol–water partition coefficient (Wildman–Crippen LogP) is 3.88. The third-order valence-corrected chi connectivity index (χ3v) is 6.85. The van der Waals surface area contributed by atoms with Crippen molar-refractivity contribution in [3.63, 3.8) is 0 Å². The van der Waals surface area contributed by atoms with Crippen LogP contribution in [0.15, 0.2) is 39.2 Å². The van der Waals surface area contributed by atoms with Gasteiger partial charge in [0, 0.05) is 4.47 Å². The van der Waals surface area contributed by atoms with Crippen LogP contribution in [0.2, 0.25) is 0 Å². The molecule has 1 fully saturated rings. The maximum Gasteiger partial charge on any atom is 0.0632 e. The van der Waals surface area contributed by atoms with E-state index in [1.165, 1.54) is 11.1 Å². The van der Waals surface area contributed by atoms with Crippen LogP contribution in [0, 0.1) is 0 Å². The number of halogens is 1. The van der Waals surface area contributed by atoms with Crippen molar-refractivity contribution in [3.8, 4) is 0 Å². The highest BCUT2D eigenvalue weighted by Crippen LogP contribution is 2.29. The number of hydrogen-bond acceptors (Lipinski definition) is 3. The van der Waals surface area contributed by atoms with Crippen molar-refractivity contribution in [1.29, 1.82) is 0 Å². The lowest BCUT2D eigenvalue weighted by Crippen LogP contribution is -2.27. The zero-order chi connectivity index (χ0) is 14.7. The summed E-state index contributed by atoms with van der Waals surface area (Å²) in [5.74, 6) is 1.21. The highest BCUT2D eigenvalue weighted by Gasteiger charge is 2.20. The second kappa shape index (κ2) is 6.63. The number of rotatable bonds is 2. The van der Waals surface area contributed by atoms with E-state index >= 15 is 0 Å². The van der Waals surface area contributed by atoms with E-state index in [0.29, 0.717) is 24.7 Å². The molecule has 1 aliphatic heterocycles. The Hall–Kier alpha value is -0.650. The van der Waals surface area contributed by atoms with Crippen LogP contribution in [0.3, 0.4) is 0 Å². The molecule has 0 amide bonds. The topological polar surface area (TPSA) is 38.7 Å². The third-order valence-electron chi connectivity index (χ3n) is 4.03. The summed E-state index contributed by atoms with van der Waals surface area (Å²) in [5.41, 5.74) is 2.67. The molecular weight excluding hydrogens is 350 g/mol. The molecule has 1 aliphatic carbocycles. The van der Waals surface area contributed by atoms with Gasteiger partial charge in [-0.1, -0.05) is 34.1 Å². The minimum Gasteiger partial charge on any atom is -0.379 e. The van der Waals surface area contributed by atoms with Gasteiger partial charge in [0.15, 0.2) is 0 Å². The first-order chi connectivity index (χ1) is 10.1. The maximum absolute atomic E-state index is 12.6. The lowest BCUT2D eigenvalue weighted by atomic mass is 9.91. The minimum atomic E-state index is -2.01. The first-order valence-corrected chi connectivity index (χ1v) is 10.0. The zero-order valence-corrected chi connectivity index (χ0v) is 14.4. The van der Waals surface area contributed by atoms with Crippen molar-refractivity contribution in [2.45, 2.75) is 25.3 Å². The molecule has 1 atom stereocenters. The lowest BCUT2D eigenvalue weighted by molar-refractivity contribution is 0.158. The maximum atomic E-state index is 12.6. The fraction of sp³-hybridized carbons (Fsp3) is 0.500. The Morgan fingerprint density at radius 1 is 1.19 bits per heavy atom. The summed E-state index contributed by atoms with van der Waals surface area (Å²) in [5, 5.41) is 0. The van der Waals surface area contributed by atoms with Crippen molar-refractivity contribution >= 4 is 31.2 Å². The number of ether oxygens (including phenoxy) is 1. The molecule has 3 nitrogen and oxygen atoms in total. The van der Waals surface area contributed by atoms with E-state index in [2.05, 4.69) is 50.6 Å². The second-order valence-electron chi connectivity index (χ2n) is 5.56. The van der Waals surface area contributed by atoms with Crippen LogP contribution in [0.25, 0.3) is 5.57 Å². The minimum absolute atomic E-state index is 0.217. The average molecular weight is 370 g/mol. The Labute approximate surface area is 135 Å². The molecule has 1 aromatic carbocycles. The second-order valence-corrected chi connectivity index (χ2v) is 9.05. The summed E-state index contributed by atoms with van der Waals surface area (Å²) < 4.78 is 23.6. The van der Waals surface area contributed by atoms with Crippen LogP contribution in [0.1, 0.15) is 24.8 Å². The van der Waals surface area contributed by atoms with Crippen LogP contribution in [-0.2, 0) is 14.5 Å². The summed E-state index contributed by atoms with van der Waals surface area (Å²) >= 11 is 3.46. The quantitative estimate of drug-likeness (QED) is 0.793. The number of hydrogen-bond donors (Lipinski definition) is 0. The zero-order valence-electron chi connectivity index (χ0n) is 12.0. The van der Waals surface area contributed by atoms with Gasteiger partial charge in [-0.25, -0.2) is 8.57 Å². The smallest absolute Gasteiger partial charge is 0.0632 e. The van der Waals surface area contributed by atoms with Crippen LogP contribution in [0.5, 0.6) is 0 Å². The Bertz CT molecular complexity index is 633. The van der Waals surface area contributed by atoms with E-state index in [1.54, 1.807) is 0 Å². The molecule has 1 heterocycles. The van der Waals surface area contributed by atoms with Gasteiger partial charge in [0.2, 0.25) is 0 Å². The normalized spacial score (nSPS) is 25.2. The molecule has 0 saturated carbocycles. The third kappa shape index (κ3) is 3.96. The van der Waals surface area contributed by atoms with Crippen LogP contribution >= 0.6 is 15.9 Å². The average Bonchev–Trinajstić information content (AvgIpc) is 2.49. The van der Waals surface area contributed by atoms with Crippen molar-refractivity contribution in [2.24, 2.45) is 4.36 Å². The highest BCUT2D eigenvalue weighted by molar-refractivity contribution is 9.10. The first-order valence-electron chi connectivity index (χ1n) is 7.39. The van der Waals surface area contributed by atoms with E-state index in [9.17, 15) is 4.21 Å². The van der Waals surface area contributed by atoms with Gasteiger partial charge in [0.1, 0.15) is 0 Å². The van der Waals surface area contributed by atoms with Crippen molar-refractivity contribution < 1.29 is 8.95 Å². The van der Waals surface area contributed by atoms with Gasteiger partial charge in [0.25, 0.3) is 0 Å². The fourth-order valence-corrected chi connectivity index (χ4v) is 4.97. The molecule has 0 spiro atoms. The van der Waals surface area contributed by atoms with Gasteiger partial charge < -0.3 is 4.74 Å². The van der Waals surface area contributed by atoms with Gasteiger partial charge in [-0.2, -0.15) is 0 Å². The van der Waals surface area contributed by atoms with Gasteiger partial charge in [-0.05, 0) is 42.5 Å². The Kier molecular flexibility index (Phi) is 4.82. The first kappa shape index (κ1) is 15.3. The molecular formula is C16H20BrNO2S. The standard InChI is InChI=1S/C16H20BrNO2S/c17-15-5-1-13(2-6-15)14-3-7-16(8-4-14)18-21(19)11-9-20-10-12-21/h1-3,5-6,16H,4,7-12H2. The summed E-state index contributed by atoms with van der Waals surface area (Å²) in [6, 6.07) is 8.66. The largest absolute Gasteiger partial charge is 0.379 e. The van der Waals surface area contributed by atoms with Crippen LogP contribution < -0.4 is 0 Å². The van der Waals surface area contributed by atoms with Crippen molar-refractivity contribution in [3.05, 3.63) is 40.4 Å². The Balaban J connectivity index is 1.70. The van der Waals surface area contributed by atoms with E-state index < -0.39 is 9.73 Å². The lowest BCUT2D eigenvalue weighted by Gasteiger charge is -2.23. The van der Waals surface area contributed by atoms with E-state index in [-0.39, 0.29) is 6.04 Å². The molecule has 0 bridgehead atoms. The summed E-state index contributed by atoms with van der Waals surface area (Å²) in [4.78, 5) is 0. The predicted molar refractivity (Wildman–Crippen MR) is 90.9 cm³/mol. The molecule has 1 saturated heterocycles. The number of benzene rings is 1. The molecule has 3 rings (SSSR count). The van der Waals surface area contributed by atoms with Gasteiger partial charge >= 0.3 is 0 Å². The van der Waals surface area contributed by atoms with Gasteiger partial charge in [-0.15, -0.1) is 0 Å². The monoisotopic (exact) mass is 369 g/mol. The summed E-state index contributed by atoms with van der Waals surface area (Å²) in [6.07, 6.45) is 5.19.